The van der Waals surface area contributed by atoms with E-state index in [9.17, 15) is 9.90 Å². The Hall–Kier alpha value is -1.55. The molecule has 1 amide bonds. The Labute approximate surface area is 102 Å². The molecule has 0 bridgehead atoms. The molecule has 0 aliphatic carbocycles. The van der Waals surface area contributed by atoms with Crippen LogP contribution in [0, 0.1) is 5.41 Å². The minimum atomic E-state index is -0.574. The van der Waals surface area contributed by atoms with Gasteiger partial charge in [-0.05, 0) is 17.5 Å². The van der Waals surface area contributed by atoms with Crippen LogP contribution in [0.15, 0.2) is 24.3 Å². The first-order valence-corrected chi connectivity index (χ1v) is 5.55. The van der Waals surface area contributed by atoms with Crippen molar-refractivity contribution >= 4 is 11.6 Å². The first-order valence-electron chi connectivity index (χ1n) is 5.55. The zero-order valence-corrected chi connectivity index (χ0v) is 10.8. The van der Waals surface area contributed by atoms with E-state index in [1.807, 2.05) is 20.8 Å². The van der Waals surface area contributed by atoms with Crippen LogP contribution in [0.25, 0.3) is 0 Å². The van der Waals surface area contributed by atoms with E-state index >= 15 is 0 Å². The number of amides is 1. The molecule has 0 fully saturated rings. The first-order chi connectivity index (χ1) is 7.73. The number of nitrogens with two attached hydrogens (primary N) is 1. The van der Waals surface area contributed by atoms with Crippen molar-refractivity contribution in [1.29, 1.82) is 0 Å². The SMILES string of the molecule is CN(C(=O)[C@@H](N)C(C)(C)C)c1cccc(O)c1. The van der Waals surface area contributed by atoms with Gasteiger partial charge in [-0.3, -0.25) is 4.79 Å². The third-order valence-electron chi connectivity index (χ3n) is 2.75. The van der Waals surface area contributed by atoms with E-state index in [4.69, 9.17) is 5.73 Å². The van der Waals surface area contributed by atoms with Crippen molar-refractivity contribution < 1.29 is 9.90 Å². The van der Waals surface area contributed by atoms with Crippen LogP contribution in [-0.4, -0.2) is 24.1 Å². The summed E-state index contributed by atoms with van der Waals surface area (Å²) in [6.45, 7) is 5.77. The number of hydrogen-bond donors (Lipinski definition) is 2. The quantitative estimate of drug-likeness (QED) is 0.821. The fraction of sp³-hybridized carbons (Fsp3) is 0.462. The smallest absolute Gasteiger partial charge is 0.244 e. The summed E-state index contributed by atoms with van der Waals surface area (Å²) in [4.78, 5) is 13.6. The largest absolute Gasteiger partial charge is 0.508 e. The van der Waals surface area contributed by atoms with E-state index in [1.165, 1.54) is 11.0 Å². The summed E-state index contributed by atoms with van der Waals surface area (Å²) < 4.78 is 0. The van der Waals surface area contributed by atoms with Gasteiger partial charge < -0.3 is 15.7 Å². The summed E-state index contributed by atoms with van der Waals surface area (Å²) >= 11 is 0. The van der Waals surface area contributed by atoms with Gasteiger partial charge in [0.25, 0.3) is 0 Å². The van der Waals surface area contributed by atoms with Crippen LogP contribution in [0.5, 0.6) is 5.75 Å². The molecule has 1 aromatic rings. The van der Waals surface area contributed by atoms with E-state index in [0.29, 0.717) is 5.69 Å². The molecule has 17 heavy (non-hydrogen) atoms. The lowest BCUT2D eigenvalue weighted by Crippen LogP contribution is -2.49. The van der Waals surface area contributed by atoms with Crippen LogP contribution in [-0.2, 0) is 4.79 Å². The maximum Gasteiger partial charge on any atom is 0.244 e. The lowest BCUT2D eigenvalue weighted by Gasteiger charge is -2.30. The number of phenols is 1. The third kappa shape index (κ3) is 3.20. The first kappa shape index (κ1) is 13.5. The number of carbonyl (C=O) groups excluding carboxylic acids is 1. The van der Waals surface area contributed by atoms with Gasteiger partial charge in [0.15, 0.2) is 0 Å². The number of rotatable bonds is 2. The van der Waals surface area contributed by atoms with E-state index in [1.54, 1.807) is 25.2 Å². The second-order valence-corrected chi connectivity index (χ2v) is 5.26. The molecule has 1 atom stereocenters. The normalized spacial score (nSPS) is 13.2. The fourth-order valence-corrected chi connectivity index (χ4v) is 1.41. The van der Waals surface area contributed by atoms with Crippen LogP contribution in [0.2, 0.25) is 0 Å². The Bertz CT molecular complexity index is 410. The number of anilines is 1. The van der Waals surface area contributed by atoms with Gasteiger partial charge in [0, 0.05) is 18.8 Å². The molecule has 0 aliphatic rings. The van der Waals surface area contributed by atoms with E-state index < -0.39 is 6.04 Å². The number of nitrogens with zero attached hydrogens (tertiary/aromatic N) is 1. The van der Waals surface area contributed by atoms with E-state index in [2.05, 4.69) is 0 Å². The Morgan fingerprint density at radius 3 is 2.47 bits per heavy atom. The molecule has 0 saturated carbocycles. The highest BCUT2D eigenvalue weighted by atomic mass is 16.3. The number of likely N-dealkylation sites (N-methyl/N-ethyl adjacent to an activating group) is 1. The molecule has 0 unspecified atom stereocenters. The van der Waals surface area contributed by atoms with Crippen molar-refractivity contribution in [2.24, 2.45) is 11.1 Å². The third-order valence-corrected chi connectivity index (χ3v) is 2.75. The number of benzene rings is 1. The second-order valence-electron chi connectivity index (χ2n) is 5.26. The Morgan fingerprint density at radius 2 is 2.00 bits per heavy atom. The predicted octanol–water partition coefficient (Wildman–Crippen LogP) is 1.73. The molecular weight excluding hydrogens is 216 g/mol. The van der Waals surface area contributed by atoms with Crippen molar-refractivity contribution in [3.05, 3.63) is 24.3 Å². The Balaban J connectivity index is 2.91. The average Bonchev–Trinajstić information content (AvgIpc) is 2.25. The molecular formula is C13H20N2O2. The summed E-state index contributed by atoms with van der Waals surface area (Å²) in [5, 5.41) is 9.37. The molecule has 4 nitrogen and oxygen atoms in total. The highest BCUT2D eigenvalue weighted by molar-refractivity contribution is 5.97. The summed E-state index contributed by atoms with van der Waals surface area (Å²) in [5.74, 6) is -0.0328. The molecule has 1 rings (SSSR count). The molecule has 0 heterocycles. The molecule has 0 aliphatic heterocycles. The summed E-state index contributed by atoms with van der Waals surface area (Å²) in [6, 6.07) is 5.97. The maximum atomic E-state index is 12.1. The van der Waals surface area contributed by atoms with Gasteiger partial charge in [-0.15, -0.1) is 0 Å². The highest BCUT2D eigenvalue weighted by Crippen LogP contribution is 2.23. The van der Waals surface area contributed by atoms with Crippen LogP contribution in [0.4, 0.5) is 5.69 Å². The molecule has 1 aromatic carbocycles. The lowest BCUT2D eigenvalue weighted by atomic mass is 9.86. The molecule has 4 heteroatoms. The van der Waals surface area contributed by atoms with Crippen LogP contribution >= 0.6 is 0 Å². The van der Waals surface area contributed by atoms with Crippen molar-refractivity contribution in [2.75, 3.05) is 11.9 Å². The van der Waals surface area contributed by atoms with Crippen molar-refractivity contribution in [1.82, 2.24) is 0 Å². The summed E-state index contributed by atoms with van der Waals surface area (Å²) in [6.07, 6.45) is 0. The second kappa shape index (κ2) is 4.75. The zero-order valence-electron chi connectivity index (χ0n) is 10.8. The van der Waals surface area contributed by atoms with E-state index in [-0.39, 0.29) is 17.1 Å². The number of phenolic OH excluding ortho intramolecular Hbond substituents is 1. The lowest BCUT2D eigenvalue weighted by molar-refractivity contribution is -0.121. The van der Waals surface area contributed by atoms with Gasteiger partial charge in [-0.1, -0.05) is 26.8 Å². The minimum Gasteiger partial charge on any atom is -0.508 e. The molecule has 94 valence electrons. The average molecular weight is 236 g/mol. The van der Waals surface area contributed by atoms with Gasteiger partial charge in [0.1, 0.15) is 5.75 Å². The van der Waals surface area contributed by atoms with Crippen molar-refractivity contribution in [3.63, 3.8) is 0 Å². The predicted molar refractivity (Wildman–Crippen MR) is 68.9 cm³/mol. The van der Waals surface area contributed by atoms with Gasteiger partial charge >= 0.3 is 0 Å². The van der Waals surface area contributed by atoms with E-state index in [0.717, 1.165) is 0 Å². The van der Waals surface area contributed by atoms with Crippen LogP contribution < -0.4 is 10.6 Å². The topological polar surface area (TPSA) is 66.6 Å². The summed E-state index contributed by atoms with van der Waals surface area (Å²) in [7, 11) is 1.66. The zero-order chi connectivity index (χ0) is 13.2. The van der Waals surface area contributed by atoms with Crippen molar-refractivity contribution in [3.8, 4) is 5.75 Å². The van der Waals surface area contributed by atoms with Crippen LogP contribution in [0.1, 0.15) is 20.8 Å². The number of hydrogen-bond acceptors (Lipinski definition) is 3. The molecule has 0 saturated heterocycles. The Morgan fingerprint density at radius 1 is 1.41 bits per heavy atom. The molecule has 0 spiro atoms. The standard InChI is InChI=1S/C13H20N2O2/c1-13(2,3)11(14)12(17)15(4)9-6-5-7-10(16)8-9/h5-8,11,16H,14H2,1-4H3/t11-/m1/s1. The maximum absolute atomic E-state index is 12.1. The molecule has 0 aromatic heterocycles. The summed E-state index contributed by atoms with van der Waals surface area (Å²) in [5.41, 5.74) is 6.26. The monoisotopic (exact) mass is 236 g/mol. The molecule has 3 N–H and O–H groups in total. The van der Waals surface area contributed by atoms with Gasteiger partial charge in [0.2, 0.25) is 5.91 Å². The number of aromatic hydroxyl groups is 1. The van der Waals surface area contributed by atoms with Crippen molar-refractivity contribution in [2.45, 2.75) is 26.8 Å². The highest BCUT2D eigenvalue weighted by Gasteiger charge is 2.30. The minimum absolute atomic E-state index is 0.131. The van der Waals surface area contributed by atoms with Gasteiger partial charge in [0.05, 0.1) is 6.04 Å². The van der Waals surface area contributed by atoms with Crippen LogP contribution in [0.3, 0.4) is 0 Å². The fourth-order valence-electron chi connectivity index (χ4n) is 1.41. The van der Waals surface area contributed by atoms with Gasteiger partial charge in [-0.2, -0.15) is 0 Å². The molecule has 0 radical (unpaired) electrons. The number of carbonyl (C=O) groups is 1. The Kier molecular flexibility index (Phi) is 3.78. The van der Waals surface area contributed by atoms with Gasteiger partial charge in [-0.25, -0.2) is 0 Å².